The van der Waals surface area contributed by atoms with E-state index in [1.807, 2.05) is 54.6 Å². The summed E-state index contributed by atoms with van der Waals surface area (Å²) in [7, 11) is 0. The molecule has 1 aliphatic carbocycles. The first-order valence-electron chi connectivity index (χ1n) is 10.2. The molecule has 3 aromatic carbocycles. The largest absolute Gasteiger partial charge is 0.480 e. The minimum atomic E-state index is -1.01. The van der Waals surface area contributed by atoms with Gasteiger partial charge in [0.15, 0.2) is 0 Å². The summed E-state index contributed by atoms with van der Waals surface area (Å²) in [4.78, 5) is 26.3. The second-order valence-corrected chi connectivity index (χ2v) is 8.77. The van der Waals surface area contributed by atoms with E-state index in [1.165, 1.54) is 16.7 Å². The highest BCUT2D eigenvalue weighted by Gasteiger charge is 2.43. The summed E-state index contributed by atoms with van der Waals surface area (Å²) in [6, 6.07) is 24.9. The standard InChI is InChI=1S/C25H21NO4S/c27-24(28)22-15-31-23(16-8-2-1-3-9-16)26(22)25(29)30-14-21-19-12-6-4-10-17(19)18-11-5-7-13-20(18)21/h1-13,21-23H,14-15H2,(H,27,28)/t22-,23?/m1/s1. The van der Waals surface area contributed by atoms with E-state index in [9.17, 15) is 14.7 Å². The van der Waals surface area contributed by atoms with E-state index in [2.05, 4.69) is 24.3 Å². The molecule has 1 fully saturated rings. The maximum absolute atomic E-state index is 13.2. The molecule has 0 spiro atoms. The first-order valence-corrected chi connectivity index (χ1v) is 11.2. The number of fused-ring (bicyclic) bond motifs is 3. The molecule has 1 saturated heterocycles. The van der Waals surface area contributed by atoms with Crippen molar-refractivity contribution >= 4 is 23.8 Å². The zero-order valence-corrected chi connectivity index (χ0v) is 17.5. The average Bonchev–Trinajstić information content (AvgIpc) is 3.38. The van der Waals surface area contributed by atoms with Crippen molar-refractivity contribution in [3.63, 3.8) is 0 Å². The predicted molar refractivity (Wildman–Crippen MR) is 120 cm³/mol. The minimum Gasteiger partial charge on any atom is -0.480 e. The fourth-order valence-corrected chi connectivity index (χ4v) is 5.87. The number of aliphatic carboxylic acids is 1. The third kappa shape index (κ3) is 3.47. The van der Waals surface area contributed by atoms with Crippen LogP contribution in [0.15, 0.2) is 78.9 Å². The lowest BCUT2D eigenvalue weighted by Gasteiger charge is -2.27. The second-order valence-electron chi connectivity index (χ2n) is 7.66. The SMILES string of the molecule is O=C(O)[C@H]1CSC(c2ccccc2)N1C(=O)OCC1c2ccccc2-c2ccccc21. The molecule has 5 rings (SSSR count). The molecule has 0 radical (unpaired) electrons. The summed E-state index contributed by atoms with van der Waals surface area (Å²) in [6.07, 6.45) is -0.590. The van der Waals surface area contributed by atoms with Crippen LogP contribution in [0.3, 0.4) is 0 Å². The van der Waals surface area contributed by atoms with Crippen LogP contribution in [0.25, 0.3) is 11.1 Å². The number of carbonyl (C=O) groups excluding carboxylic acids is 1. The van der Waals surface area contributed by atoms with E-state index in [1.54, 1.807) is 0 Å². The molecule has 31 heavy (non-hydrogen) atoms. The summed E-state index contributed by atoms with van der Waals surface area (Å²) in [5.41, 5.74) is 5.45. The number of carbonyl (C=O) groups is 2. The Morgan fingerprint density at radius 1 is 0.903 bits per heavy atom. The molecule has 2 aliphatic rings. The van der Waals surface area contributed by atoms with Gasteiger partial charge < -0.3 is 9.84 Å². The summed E-state index contributed by atoms with van der Waals surface area (Å²) in [6.45, 7) is 0.169. The molecule has 0 bridgehead atoms. The number of amides is 1. The van der Waals surface area contributed by atoms with Gasteiger partial charge >= 0.3 is 12.1 Å². The van der Waals surface area contributed by atoms with Crippen molar-refractivity contribution in [1.82, 2.24) is 4.90 Å². The lowest BCUT2D eigenvalue weighted by Crippen LogP contribution is -2.43. The van der Waals surface area contributed by atoms with Crippen LogP contribution in [-0.2, 0) is 9.53 Å². The number of hydrogen-bond donors (Lipinski definition) is 1. The summed E-state index contributed by atoms with van der Waals surface area (Å²) >= 11 is 1.45. The van der Waals surface area contributed by atoms with Gasteiger partial charge in [-0.25, -0.2) is 9.59 Å². The lowest BCUT2D eigenvalue weighted by atomic mass is 9.98. The Bertz CT molecular complexity index is 1090. The van der Waals surface area contributed by atoms with Gasteiger partial charge in [0.25, 0.3) is 0 Å². The summed E-state index contributed by atoms with van der Waals surface area (Å²) in [5.74, 6) is -0.747. The highest BCUT2D eigenvalue weighted by molar-refractivity contribution is 7.99. The van der Waals surface area contributed by atoms with Crippen molar-refractivity contribution in [3.8, 4) is 11.1 Å². The number of thioether (sulfide) groups is 1. The number of rotatable bonds is 4. The van der Waals surface area contributed by atoms with Gasteiger partial charge in [0.2, 0.25) is 0 Å². The molecule has 1 unspecified atom stereocenters. The van der Waals surface area contributed by atoms with Crippen molar-refractivity contribution in [1.29, 1.82) is 0 Å². The van der Waals surface area contributed by atoms with E-state index in [0.29, 0.717) is 5.75 Å². The van der Waals surface area contributed by atoms with Crippen molar-refractivity contribution in [2.75, 3.05) is 12.4 Å². The van der Waals surface area contributed by atoms with Crippen LogP contribution in [0.4, 0.5) is 4.79 Å². The van der Waals surface area contributed by atoms with Crippen LogP contribution in [0.1, 0.15) is 28.0 Å². The molecule has 6 heteroatoms. The number of ether oxygens (including phenoxy) is 1. The van der Waals surface area contributed by atoms with E-state index in [0.717, 1.165) is 27.8 Å². The van der Waals surface area contributed by atoms with E-state index in [4.69, 9.17) is 4.74 Å². The smallest absolute Gasteiger partial charge is 0.411 e. The van der Waals surface area contributed by atoms with Gasteiger partial charge in [-0.1, -0.05) is 78.9 Å². The Hall–Kier alpha value is -3.25. The van der Waals surface area contributed by atoms with Crippen LogP contribution in [0, 0.1) is 0 Å². The molecular weight excluding hydrogens is 410 g/mol. The van der Waals surface area contributed by atoms with Crippen LogP contribution < -0.4 is 0 Å². The van der Waals surface area contributed by atoms with Gasteiger partial charge in [-0.05, 0) is 27.8 Å². The molecule has 156 valence electrons. The molecular formula is C25H21NO4S. The predicted octanol–water partition coefficient (Wildman–Crippen LogP) is 5.14. The zero-order chi connectivity index (χ0) is 21.4. The third-order valence-electron chi connectivity index (χ3n) is 5.92. The lowest BCUT2D eigenvalue weighted by molar-refractivity contribution is -0.141. The number of benzene rings is 3. The quantitative estimate of drug-likeness (QED) is 0.620. The molecule has 1 aliphatic heterocycles. The van der Waals surface area contributed by atoms with Crippen LogP contribution >= 0.6 is 11.8 Å². The Kier molecular flexibility index (Phi) is 5.16. The van der Waals surface area contributed by atoms with Crippen LogP contribution in [0.2, 0.25) is 0 Å². The number of carboxylic acid groups (broad SMARTS) is 1. The van der Waals surface area contributed by atoms with Crippen molar-refractivity contribution in [2.45, 2.75) is 17.3 Å². The monoisotopic (exact) mass is 431 g/mol. The number of nitrogens with zero attached hydrogens (tertiary/aromatic N) is 1. The van der Waals surface area contributed by atoms with Crippen LogP contribution in [-0.4, -0.2) is 40.5 Å². The molecule has 0 aromatic heterocycles. The first kappa shape index (κ1) is 19.7. The minimum absolute atomic E-state index is 0.0648. The summed E-state index contributed by atoms with van der Waals surface area (Å²) < 4.78 is 5.77. The van der Waals surface area contributed by atoms with Gasteiger partial charge in [-0.2, -0.15) is 0 Å². The number of hydrogen-bond acceptors (Lipinski definition) is 4. The van der Waals surface area contributed by atoms with Crippen molar-refractivity contribution in [2.24, 2.45) is 0 Å². The topological polar surface area (TPSA) is 66.8 Å². The fraction of sp³-hybridized carbons (Fsp3) is 0.200. The third-order valence-corrected chi connectivity index (χ3v) is 7.24. The van der Waals surface area contributed by atoms with Crippen molar-refractivity contribution < 1.29 is 19.4 Å². The Balaban J connectivity index is 1.40. The van der Waals surface area contributed by atoms with Gasteiger partial charge in [-0.3, -0.25) is 4.90 Å². The Morgan fingerprint density at radius 3 is 2.10 bits per heavy atom. The highest BCUT2D eigenvalue weighted by atomic mass is 32.2. The van der Waals surface area contributed by atoms with E-state index >= 15 is 0 Å². The average molecular weight is 432 g/mol. The maximum Gasteiger partial charge on any atom is 0.411 e. The number of carboxylic acids is 1. The van der Waals surface area contributed by atoms with Gasteiger partial charge in [0.05, 0.1) is 0 Å². The fourth-order valence-electron chi connectivity index (χ4n) is 4.46. The normalized spacial score (nSPS) is 19.7. The second kappa shape index (κ2) is 8.12. The molecule has 1 amide bonds. The molecule has 1 heterocycles. The van der Waals surface area contributed by atoms with E-state index < -0.39 is 18.1 Å². The van der Waals surface area contributed by atoms with Crippen LogP contribution in [0.5, 0.6) is 0 Å². The summed E-state index contributed by atoms with van der Waals surface area (Å²) in [5, 5.41) is 9.30. The maximum atomic E-state index is 13.2. The van der Waals surface area contributed by atoms with Gasteiger partial charge in [0.1, 0.15) is 18.0 Å². The molecule has 0 saturated carbocycles. The van der Waals surface area contributed by atoms with Gasteiger partial charge in [0, 0.05) is 11.7 Å². The van der Waals surface area contributed by atoms with Crippen molar-refractivity contribution in [3.05, 3.63) is 95.6 Å². The van der Waals surface area contributed by atoms with E-state index in [-0.39, 0.29) is 17.9 Å². The molecule has 2 atom stereocenters. The molecule has 1 N–H and O–H groups in total. The molecule has 3 aromatic rings. The van der Waals surface area contributed by atoms with Gasteiger partial charge in [-0.15, -0.1) is 11.8 Å². The zero-order valence-electron chi connectivity index (χ0n) is 16.7. The Labute approximate surface area is 184 Å². The highest BCUT2D eigenvalue weighted by Crippen LogP contribution is 2.45. The molecule has 5 nitrogen and oxygen atoms in total. The first-order chi connectivity index (χ1) is 15.1. The Morgan fingerprint density at radius 2 is 1.48 bits per heavy atom.